The van der Waals surface area contributed by atoms with Gasteiger partial charge in [0, 0.05) is 18.7 Å². The summed E-state index contributed by atoms with van der Waals surface area (Å²) in [6.45, 7) is 2.18. The summed E-state index contributed by atoms with van der Waals surface area (Å²) in [5, 5.41) is 8.61. The molecule has 5 nitrogen and oxygen atoms in total. The summed E-state index contributed by atoms with van der Waals surface area (Å²) >= 11 is 0. The highest BCUT2D eigenvalue weighted by molar-refractivity contribution is 5.97. The van der Waals surface area contributed by atoms with E-state index in [-0.39, 0.29) is 5.91 Å². The molecule has 1 aliphatic rings. The molecule has 1 fully saturated rings. The Morgan fingerprint density at radius 2 is 2.32 bits per heavy atom. The molecular weight excluding hydrogens is 244 g/mol. The number of nitrogens with zero attached hydrogens (tertiary/aromatic N) is 2. The van der Waals surface area contributed by atoms with Crippen LogP contribution in [0.3, 0.4) is 0 Å². The fourth-order valence-corrected chi connectivity index (χ4v) is 1.98. The maximum Gasteiger partial charge on any atom is 0.339 e. The summed E-state index contributed by atoms with van der Waals surface area (Å²) in [6.07, 6.45) is 0.587. The smallest absolute Gasteiger partial charge is 0.339 e. The number of ether oxygens (including phenoxy) is 1. The first-order valence-electron chi connectivity index (χ1n) is 6.13. The van der Waals surface area contributed by atoms with Gasteiger partial charge < -0.3 is 9.64 Å². The van der Waals surface area contributed by atoms with E-state index in [2.05, 4.69) is 0 Å². The average molecular weight is 258 g/mol. The van der Waals surface area contributed by atoms with Gasteiger partial charge in [0.2, 0.25) is 5.91 Å². The SMILES string of the molecule is C[C@@H](C#N)OC(=O)c1cccc(N2CCCC2=O)c1. The first kappa shape index (κ1) is 13.1. The second-order valence-corrected chi connectivity index (χ2v) is 4.38. The molecule has 5 heteroatoms. The van der Waals surface area contributed by atoms with Crippen molar-refractivity contribution in [3.05, 3.63) is 29.8 Å². The Labute approximate surface area is 111 Å². The van der Waals surface area contributed by atoms with Crippen molar-refractivity contribution >= 4 is 17.6 Å². The largest absolute Gasteiger partial charge is 0.444 e. The molecule has 2 rings (SSSR count). The van der Waals surface area contributed by atoms with Gasteiger partial charge in [-0.05, 0) is 31.5 Å². The Balaban J connectivity index is 2.17. The molecule has 98 valence electrons. The zero-order chi connectivity index (χ0) is 13.8. The minimum atomic E-state index is -0.787. The second kappa shape index (κ2) is 5.53. The van der Waals surface area contributed by atoms with E-state index in [0.717, 1.165) is 6.42 Å². The molecule has 19 heavy (non-hydrogen) atoms. The van der Waals surface area contributed by atoms with Crippen molar-refractivity contribution in [1.29, 1.82) is 5.26 Å². The lowest BCUT2D eigenvalue weighted by Crippen LogP contribution is -2.24. The molecular formula is C14H14N2O3. The predicted octanol–water partition coefficient (Wildman–Crippen LogP) is 1.88. The average Bonchev–Trinajstić information content (AvgIpc) is 2.85. The van der Waals surface area contributed by atoms with E-state index in [1.165, 1.54) is 6.92 Å². The molecule has 0 aromatic heterocycles. The highest BCUT2D eigenvalue weighted by Crippen LogP contribution is 2.22. The third-order valence-corrected chi connectivity index (χ3v) is 2.93. The van der Waals surface area contributed by atoms with Gasteiger partial charge in [-0.15, -0.1) is 0 Å². The Hall–Kier alpha value is -2.35. The van der Waals surface area contributed by atoms with Crippen LogP contribution in [0.15, 0.2) is 24.3 Å². The van der Waals surface area contributed by atoms with Gasteiger partial charge in [-0.25, -0.2) is 4.79 Å². The molecule has 0 saturated carbocycles. The Bertz CT molecular complexity index is 548. The fraction of sp³-hybridized carbons (Fsp3) is 0.357. The summed E-state index contributed by atoms with van der Waals surface area (Å²) in [5.41, 5.74) is 1.04. The van der Waals surface area contributed by atoms with E-state index < -0.39 is 12.1 Å². The third-order valence-electron chi connectivity index (χ3n) is 2.93. The molecule has 0 N–H and O–H groups in total. The molecule has 0 spiro atoms. The maximum atomic E-state index is 11.8. The lowest BCUT2D eigenvalue weighted by atomic mass is 10.2. The van der Waals surface area contributed by atoms with E-state index in [1.807, 2.05) is 6.07 Å². The van der Waals surface area contributed by atoms with Crippen molar-refractivity contribution in [2.24, 2.45) is 0 Å². The van der Waals surface area contributed by atoms with Crippen LogP contribution in [0.1, 0.15) is 30.1 Å². The minimum absolute atomic E-state index is 0.0657. The number of carbonyl (C=O) groups excluding carboxylic acids is 2. The molecule has 0 aliphatic carbocycles. The monoisotopic (exact) mass is 258 g/mol. The Morgan fingerprint density at radius 1 is 1.53 bits per heavy atom. The highest BCUT2D eigenvalue weighted by atomic mass is 16.5. The maximum absolute atomic E-state index is 11.8. The number of nitriles is 1. The van der Waals surface area contributed by atoms with Gasteiger partial charge in [0.15, 0.2) is 6.10 Å². The molecule has 1 heterocycles. The number of amides is 1. The van der Waals surface area contributed by atoms with Gasteiger partial charge in [-0.3, -0.25) is 4.79 Å². The van der Waals surface area contributed by atoms with Crippen LogP contribution in [0.4, 0.5) is 5.69 Å². The van der Waals surface area contributed by atoms with Crippen molar-refractivity contribution in [2.45, 2.75) is 25.9 Å². The highest BCUT2D eigenvalue weighted by Gasteiger charge is 2.22. The van der Waals surface area contributed by atoms with Crippen LogP contribution in [0, 0.1) is 11.3 Å². The van der Waals surface area contributed by atoms with Crippen LogP contribution < -0.4 is 4.90 Å². The molecule has 1 aliphatic heterocycles. The quantitative estimate of drug-likeness (QED) is 0.776. The van der Waals surface area contributed by atoms with Crippen LogP contribution in [0.25, 0.3) is 0 Å². The summed E-state index contributed by atoms with van der Waals surface area (Å²) < 4.78 is 4.93. The molecule has 1 saturated heterocycles. The van der Waals surface area contributed by atoms with Crippen LogP contribution in [0.5, 0.6) is 0 Å². The van der Waals surface area contributed by atoms with E-state index in [0.29, 0.717) is 24.2 Å². The van der Waals surface area contributed by atoms with Gasteiger partial charge >= 0.3 is 5.97 Å². The van der Waals surface area contributed by atoms with Gasteiger partial charge in [0.05, 0.1) is 5.56 Å². The van der Waals surface area contributed by atoms with Gasteiger partial charge in [0.25, 0.3) is 0 Å². The molecule has 0 bridgehead atoms. The van der Waals surface area contributed by atoms with Crippen molar-refractivity contribution in [1.82, 2.24) is 0 Å². The normalized spacial score (nSPS) is 16.0. The van der Waals surface area contributed by atoms with Crippen molar-refractivity contribution in [2.75, 3.05) is 11.4 Å². The number of hydrogen-bond acceptors (Lipinski definition) is 4. The summed E-state index contributed by atoms with van der Waals surface area (Å²) in [7, 11) is 0. The van der Waals surface area contributed by atoms with Gasteiger partial charge in [-0.2, -0.15) is 5.26 Å². The molecule has 0 radical (unpaired) electrons. The lowest BCUT2D eigenvalue weighted by molar-refractivity contribution is -0.117. The number of rotatable bonds is 3. The molecule has 0 unspecified atom stereocenters. The second-order valence-electron chi connectivity index (χ2n) is 4.38. The fourth-order valence-electron chi connectivity index (χ4n) is 1.98. The number of esters is 1. The zero-order valence-electron chi connectivity index (χ0n) is 10.6. The van der Waals surface area contributed by atoms with Gasteiger partial charge in [0.1, 0.15) is 6.07 Å². The minimum Gasteiger partial charge on any atom is -0.444 e. The van der Waals surface area contributed by atoms with E-state index in [1.54, 1.807) is 29.2 Å². The van der Waals surface area contributed by atoms with Crippen LogP contribution >= 0.6 is 0 Å². The van der Waals surface area contributed by atoms with E-state index in [4.69, 9.17) is 10.00 Å². The Morgan fingerprint density at radius 3 is 2.95 bits per heavy atom. The first-order chi connectivity index (χ1) is 9.11. The van der Waals surface area contributed by atoms with Crippen LogP contribution in [0.2, 0.25) is 0 Å². The van der Waals surface area contributed by atoms with Crippen molar-refractivity contribution < 1.29 is 14.3 Å². The van der Waals surface area contributed by atoms with E-state index >= 15 is 0 Å². The zero-order valence-corrected chi connectivity index (χ0v) is 10.6. The molecule has 1 aromatic rings. The predicted molar refractivity (Wildman–Crippen MR) is 68.5 cm³/mol. The first-order valence-corrected chi connectivity index (χ1v) is 6.13. The number of hydrogen-bond donors (Lipinski definition) is 0. The van der Waals surface area contributed by atoms with Crippen LogP contribution in [-0.4, -0.2) is 24.5 Å². The van der Waals surface area contributed by atoms with Gasteiger partial charge in [-0.1, -0.05) is 6.07 Å². The Kier molecular flexibility index (Phi) is 3.81. The molecule has 1 atom stereocenters. The van der Waals surface area contributed by atoms with E-state index in [9.17, 15) is 9.59 Å². The van der Waals surface area contributed by atoms with Crippen molar-refractivity contribution in [3.8, 4) is 6.07 Å². The topological polar surface area (TPSA) is 70.4 Å². The summed E-state index contributed by atoms with van der Waals surface area (Å²) in [4.78, 5) is 25.1. The standard InChI is InChI=1S/C14H14N2O3/c1-10(9-15)19-14(18)11-4-2-5-12(8-11)16-7-3-6-13(16)17/h2,4-5,8,10H,3,6-7H2,1H3/t10-/m0/s1. The number of anilines is 1. The molecule has 1 amide bonds. The number of benzene rings is 1. The van der Waals surface area contributed by atoms with Crippen LogP contribution in [-0.2, 0) is 9.53 Å². The summed E-state index contributed by atoms with van der Waals surface area (Å²) in [6, 6.07) is 8.55. The molecule has 1 aromatic carbocycles. The summed E-state index contributed by atoms with van der Waals surface area (Å²) in [5.74, 6) is -0.488. The number of carbonyl (C=O) groups is 2. The van der Waals surface area contributed by atoms with Crippen molar-refractivity contribution in [3.63, 3.8) is 0 Å². The lowest BCUT2D eigenvalue weighted by Gasteiger charge is -2.16. The third kappa shape index (κ3) is 2.91.